The van der Waals surface area contributed by atoms with Gasteiger partial charge in [0, 0.05) is 22.8 Å². The van der Waals surface area contributed by atoms with Crippen LogP contribution in [-0.4, -0.2) is 19.2 Å². The van der Waals surface area contributed by atoms with Gasteiger partial charge in [0.2, 0.25) is 0 Å². The number of pyridine rings is 1. The number of para-hydroxylation sites is 1. The number of methoxy groups -OCH3 is 2. The molecule has 5 aromatic rings. The zero-order valence-corrected chi connectivity index (χ0v) is 15.7. The van der Waals surface area contributed by atoms with E-state index >= 15 is 0 Å². The van der Waals surface area contributed by atoms with Crippen molar-refractivity contribution < 1.29 is 13.9 Å². The van der Waals surface area contributed by atoms with Crippen molar-refractivity contribution in [2.45, 2.75) is 6.42 Å². The zero-order chi connectivity index (χ0) is 19.1. The molecule has 0 fully saturated rings. The van der Waals surface area contributed by atoms with Crippen molar-refractivity contribution in [2.75, 3.05) is 14.2 Å². The molecule has 0 spiro atoms. The van der Waals surface area contributed by atoms with Crippen molar-refractivity contribution in [3.8, 4) is 11.5 Å². The summed E-state index contributed by atoms with van der Waals surface area (Å²) in [5.41, 5.74) is 5.80. The number of aromatic nitrogens is 1. The van der Waals surface area contributed by atoms with Crippen molar-refractivity contribution in [3.05, 3.63) is 77.9 Å². The Morgan fingerprint density at radius 2 is 1.57 bits per heavy atom. The minimum absolute atomic E-state index is 0.729. The lowest BCUT2D eigenvalue weighted by Gasteiger charge is -2.10. The number of furan rings is 1. The quantitative estimate of drug-likeness (QED) is 0.405. The van der Waals surface area contributed by atoms with Gasteiger partial charge in [0.05, 0.1) is 19.7 Å². The summed E-state index contributed by atoms with van der Waals surface area (Å²) >= 11 is 0. The number of nitrogens with zero attached hydrogens (tertiary/aromatic N) is 1. The first-order valence-electron chi connectivity index (χ1n) is 9.17. The van der Waals surface area contributed by atoms with Gasteiger partial charge in [-0.15, -0.1) is 0 Å². The predicted octanol–water partition coefficient (Wildman–Crippen LogP) is 5.74. The van der Waals surface area contributed by atoms with Gasteiger partial charge in [0.15, 0.2) is 5.58 Å². The van der Waals surface area contributed by atoms with Crippen LogP contribution < -0.4 is 9.47 Å². The minimum Gasteiger partial charge on any atom is -0.497 e. The van der Waals surface area contributed by atoms with Gasteiger partial charge in [-0.1, -0.05) is 24.3 Å². The third kappa shape index (κ3) is 2.65. The van der Waals surface area contributed by atoms with Gasteiger partial charge < -0.3 is 13.9 Å². The first-order valence-corrected chi connectivity index (χ1v) is 9.17. The van der Waals surface area contributed by atoms with E-state index in [1.54, 1.807) is 14.2 Å². The second-order valence-electron chi connectivity index (χ2n) is 6.77. The second-order valence-corrected chi connectivity index (χ2v) is 6.77. The summed E-state index contributed by atoms with van der Waals surface area (Å²) in [7, 11) is 3.35. The molecule has 4 heteroatoms. The van der Waals surface area contributed by atoms with Gasteiger partial charge in [0.1, 0.15) is 22.6 Å². The first kappa shape index (κ1) is 16.6. The number of fused-ring (bicyclic) bond motifs is 4. The third-order valence-electron chi connectivity index (χ3n) is 5.14. The van der Waals surface area contributed by atoms with Gasteiger partial charge in [-0.05, 0) is 48.0 Å². The Balaban J connectivity index is 1.80. The maximum Gasteiger partial charge on any atom is 0.158 e. The van der Waals surface area contributed by atoms with Crippen LogP contribution in [0.15, 0.2) is 71.1 Å². The number of hydrogen-bond donors (Lipinski definition) is 0. The van der Waals surface area contributed by atoms with E-state index < -0.39 is 0 Å². The summed E-state index contributed by atoms with van der Waals surface area (Å²) in [5.74, 6) is 1.65. The van der Waals surface area contributed by atoms with Crippen LogP contribution in [0.4, 0.5) is 0 Å². The van der Waals surface area contributed by atoms with E-state index in [-0.39, 0.29) is 0 Å². The fraction of sp³-hybridized carbons (Fsp3) is 0.125. The van der Waals surface area contributed by atoms with Crippen molar-refractivity contribution >= 4 is 33.0 Å². The van der Waals surface area contributed by atoms with Crippen molar-refractivity contribution in [3.63, 3.8) is 0 Å². The Bertz CT molecular complexity index is 1300. The number of rotatable bonds is 4. The van der Waals surface area contributed by atoms with Crippen LogP contribution in [0.5, 0.6) is 11.5 Å². The highest BCUT2D eigenvalue weighted by Gasteiger charge is 2.17. The smallest absolute Gasteiger partial charge is 0.158 e. The highest BCUT2D eigenvalue weighted by Crippen LogP contribution is 2.36. The monoisotopic (exact) mass is 369 g/mol. The van der Waals surface area contributed by atoms with Crippen molar-refractivity contribution in [2.24, 2.45) is 0 Å². The molecule has 0 saturated carbocycles. The van der Waals surface area contributed by atoms with E-state index in [4.69, 9.17) is 18.9 Å². The average Bonchev–Trinajstić information content (AvgIpc) is 3.12. The van der Waals surface area contributed by atoms with Gasteiger partial charge >= 0.3 is 0 Å². The maximum absolute atomic E-state index is 6.25. The number of hydrogen-bond acceptors (Lipinski definition) is 4. The van der Waals surface area contributed by atoms with E-state index in [0.717, 1.165) is 56.5 Å². The summed E-state index contributed by atoms with van der Waals surface area (Å²) in [6.45, 7) is 0. The summed E-state index contributed by atoms with van der Waals surface area (Å²) in [4.78, 5) is 4.90. The fourth-order valence-corrected chi connectivity index (χ4v) is 3.69. The molecule has 0 aliphatic rings. The molecule has 0 unspecified atom stereocenters. The summed E-state index contributed by atoms with van der Waals surface area (Å²) in [5, 5.41) is 2.08. The molecule has 2 aromatic heterocycles. The van der Waals surface area contributed by atoms with Gasteiger partial charge in [0.25, 0.3) is 0 Å². The minimum atomic E-state index is 0.729. The Labute approximate surface area is 162 Å². The average molecular weight is 369 g/mol. The topological polar surface area (TPSA) is 44.5 Å². The molecule has 0 amide bonds. The molecule has 0 aliphatic carbocycles. The Morgan fingerprint density at radius 1 is 0.821 bits per heavy atom. The lowest BCUT2D eigenvalue weighted by molar-refractivity contribution is 0.414. The summed E-state index contributed by atoms with van der Waals surface area (Å²) in [6.07, 6.45) is 0.729. The molecule has 5 rings (SSSR count). The Hall–Kier alpha value is -3.53. The summed E-state index contributed by atoms with van der Waals surface area (Å²) in [6, 6.07) is 22.2. The lowest BCUT2D eigenvalue weighted by Crippen LogP contribution is -1.95. The highest BCUT2D eigenvalue weighted by molar-refractivity contribution is 6.08. The molecule has 28 heavy (non-hydrogen) atoms. The first-order chi connectivity index (χ1) is 13.8. The highest BCUT2D eigenvalue weighted by atomic mass is 16.5. The molecule has 0 N–H and O–H groups in total. The largest absolute Gasteiger partial charge is 0.497 e. The molecular formula is C24H19NO3. The van der Waals surface area contributed by atoms with Crippen LogP contribution in [-0.2, 0) is 6.42 Å². The maximum atomic E-state index is 6.25. The fourth-order valence-electron chi connectivity index (χ4n) is 3.69. The van der Waals surface area contributed by atoms with Crippen LogP contribution in [0.1, 0.15) is 11.1 Å². The van der Waals surface area contributed by atoms with Gasteiger partial charge in [-0.25, -0.2) is 4.98 Å². The molecule has 0 aliphatic heterocycles. The van der Waals surface area contributed by atoms with E-state index in [2.05, 4.69) is 18.2 Å². The molecule has 3 aromatic carbocycles. The molecule has 138 valence electrons. The van der Waals surface area contributed by atoms with E-state index in [1.807, 2.05) is 48.5 Å². The molecule has 4 nitrogen and oxygen atoms in total. The van der Waals surface area contributed by atoms with Crippen LogP contribution in [0.2, 0.25) is 0 Å². The van der Waals surface area contributed by atoms with E-state index in [9.17, 15) is 0 Å². The second kappa shape index (κ2) is 6.57. The molecule has 2 heterocycles. The van der Waals surface area contributed by atoms with Crippen molar-refractivity contribution in [1.82, 2.24) is 4.98 Å². The molecule has 0 saturated heterocycles. The Kier molecular flexibility index (Phi) is 3.90. The van der Waals surface area contributed by atoms with Crippen LogP contribution >= 0.6 is 0 Å². The van der Waals surface area contributed by atoms with Crippen LogP contribution in [0.25, 0.3) is 33.0 Å². The van der Waals surface area contributed by atoms with Gasteiger partial charge in [-0.3, -0.25) is 0 Å². The molecule has 0 atom stereocenters. The van der Waals surface area contributed by atoms with Gasteiger partial charge in [-0.2, -0.15) is 0 Å². The third-order valence-corrected chi connectivity index (χ3v) is 5.14. The molecular weight excluding hydrogens is 350 g/mol. The summed E-state index contributed by atoms with van der Waals surface area (Å²) < 4.78 is 17.0. The zero-order valence-electron chi connectivity index (χ0n) is 15.7. The standard InChI is InChI=1S/C24H19NO3/c1-26-16-9-7-15(8-10-16)13-20-19-14-17(27-2)11-12-21(19)25-23-18-5-3-4-6-22(18)28-24(20)23/h3-12,14H,13H2,1-2H3. The molecule has 0 bridgehead atoms. The van der Waals surface area contributed by atoms with E-state index in [0.29, 0.717) is 0 Å². The molecule has 0 radical (unpaired) electrons. The van der Waals surface area contributed by atoms with Crippen LogP contribution in [0.3, 0.4) is 0 Å². The SMILES string of the molecule is COc1ccc(Cc2c3cc(OC)ccc3nc3c2oc2ccccc23)cc1. The van der Waals surface area contributed by atoms with E-state index in [1.165, 1.54) is 5.56 Å². The Morgan fingerprint density at radius 3 is 2.36 bits per heavy atom. The lowest BCUT2D eigenvalue weighted by atomic mass is 9.99. The predicted molar refractivity (Wildman–Crippen MR) is 111 cm³/mol. The number of ether oxygens (including phenoxy) is 2. The van der Waals surface area contributed by atoms with Crippen LogP contribution in [0, 0.1) is 0 Å². The van der Waals surface area contributed by atoms with Crippen molar-refractivity contribution in [1.29, 1.82) is 0 Å². The number of benzene rings is 3. The normalized spacial score (nSPS) is 11.4.